The van der Waals surface area contributed by atoms with Crippen LogP contribution >= 0.6 is 0 Å². The summed E-state index contributed by atoms with van der Waals surface area (Å²) in [4.78, 5) is 27.0. The van der Waals surface area contributed by atoms with Crippen LogP contribution < -0.4 is 11.1 Å². The Morgan fingerprint density at radius 3 is 2.55 bits per heavy atom. The van der Waals surface area contributed by atoms with E-state index in [1.54, 1.807) is 6.20 Å². The van der Waals surface area contributed by atoms with Crippen LogP contribution in [0.1, 0.15) is 12.1 Å². The van der Waals surface area contributed by atoms with E-state index in [9.17, 15) is 9.59 Å². The van der Waals surface area contributed by atoms with Crippen LogP contribution in [0.15, 0.2) is 12.5 Å². The number of aliphatic carboxylic acids is 2. The third-order valence-electron chi connectivity index (χ3n) is 2.77. The molecule has 0 spiro atoms. The fourth-order valence-electron chi connectivity index (χ4n) is 1.66. The normalized spacial score (nSPS) is 22.7. The molecular weight excluding hydrogens is 268 g/mol. The molecule has 20 heavy (non-hydrogen) atoms. The quantitative estimate of drug-likeness (QED) is 0.376. The Kier molecular flexibility index (Phi) is 6.10. The molecule has 0 amide bonds. The molecule has 1 aromatic rings. The van der Waals surface area contributed by atoms with Gasteiger partial charge in [0.1, 0.15) is 12.1 Å². The van der Waals surface area contributed by atoms with Crippen molar-refractivity contribution in [3.63, 3.8) is 0 Å². The second-order valence-electron chi connectivity index (χ2n) is 4.35. The zero-order chi connectivity index (χ0) is 15.1. The van der Waals surface area contributed by atoms with Gasteiger partial charge in [-0.25, -0.2) is 4.98 Å². The summed E-state index contributed by atoms with van der Waals surface area (Å²) in [7, 11) is 0. The van der Waals surface area contributed by atoms with Gasteiger partial charge in [-0.3, -0.25) is 9.59 Å². The summed E-state index contributed by atoms with van der Waals surface area (Å²) < 4.78 is 0. The van der Waals surface area contributed by atoms with E-state index in [0.29, 0.717) is 13.0 Å². The topological polar surface area (TPSA) is 162 Å². The van der Waals surface area contributed by atoms with Crippen molar-refractivity contribution in [3.8, 4) is 0 Å². The predicted octanol–water partition coefficient (Wildman–Crippen LogP) is -1.84. The highest BCUT2D eigenvalue weighted by atomic mass is 16.4. The molecule has 2 heterocycles. The average molecular weight is 286 g/mol. The Hall–Kier alpha value is -1.97. The zero-order valence-electron chi connectivity index (χ0n) is 10.7. The van der Waals surface area contributed by atoms with Gasteiger partial charge in [-0.1, -0.05) is 0 Å². The van der Waals surface area contributed by atoms with Crippen molar-refractivity contribution in [2.45, 2.75) is 31.0 Å². The maximum absolute atomic E-state index is 10.3. The molecule has 0 bridgehead atoms. The molecule has 0 aliphatic carbocycles. The fourth-order valence-corrected chi connectivity index (χ4v) is 1.66. The zero-order valence-corrected chi connectivity index (χ0v) is 10.7. The average Bonchev–Trinajstić information content (AvgIpc) is 3.00. The highest BCUT2D eigenvalue weighted by Gasteiger charge is 2.30. The summed E-state index contributed by atoms with van der Waals surface area (Å²) in [5.74, 6) is -1.97. The third kappa shape index (κ3) is 4.96. The van der Waals surface area contributed by atoms with E-state index in [-0.39, 0.29) is 6.42 Å². The van der Waals surface area contributed by atoms with Crippen molar-refractivity contribution < 1.29 is 24.9 Å². The number of carboxylic acids is 2. The number of H-pyrrole nitrogens is 1. The highest BCUT2D eigenvalue weighted by Crippen LogP contribution is 2.05. The summed E-state index contributed by atoms with van der Waals surface area (Å²) >= 11 is 0. The number of hydrogen-bond donors (Lipinski definition) is 6. The highest BCUT2D eigenvalue weighted by molar-refractivity contribution is 5.74. The lowest BCUT2D eigenvalue weighted by molar-refractivity contribution is -0.141. The van der Waals surface area contributed by atoms with E-state index in [2.05, 4.69) is 15.3 Å². The number of aliphatic hydroxyl groups excluding tert-OH is 1. The standard InChI is InChI=1S/C6H9N3O2.C5H9NO3/c7-5(6(10)11)1-4-2-8-3-9-4;7-3-1-2-6-4(3)5(8)9/h2-3,5H,1,7H2,(H,8,9)(H,10,11);3-4,6-7H,1-2H2,(H,8,9)/t5-;3?,4-/m00/s1. The molecule has 1 aromatic heterocycles. The largest absolute Gasteiger partial charge is 0.480 e. The smallest absolute Gasteiger partial charge is 0.323 e. The minimum absolute atomic E-state index is 0.287. The summed E-state index contributed by atoms with van der Waals surface area (Å²) in [5, 5.41) is 28.4. The van der Waals surface area contributed by atoms with Crippen molar-refractivity contribution in [1.29, 1.82) is 0 Å². The Bertz CT molecular complexity index is 436. The number of aromatic amines is 1. The summed E-state index contributed by atoms with van der Waals surface area (Å²) in [6.07, 6.45) is 3.17. The monoisotopic (exact) mass is 286 g/mol. The Labute approximate surface area is 114 Å². The lowest BCUT2D eigenvalue weighted by Gasteiger charge is -2.06. The number of carboxylic acid groups (broad SMARTS) is 2. The molecule has 3 atom stereocenters. The van der Waals surface area contributed by atoms with Crippen LogP contribution in [-0.4, -0.2) is 62.0 Å². The first-order valence-corrected chi connectivity index (χ1v) is 6.01. The van der Waals surface area contributed by atoms with Crippen molar-refractivity contribution in [1.82, 2.24) is 15.3 Å². The van der Waals surface area contributed by atoms with Crippen LogP contribution in [-0.2, 0) is 16.0 Å². The van der Waals surface area contributed by atoms with Crippen molar-refractivity contribution in [3.05, 3.63) is 18.2 Å². The molecule has 7 N–H and O–H groups in total. The summed E-state index contributed by atoms with van der Waals surface area (Å²) in [6, 6.07) is -1.60. The molecule has 9 nitrogen and oxygen atoms in total. The number of carbonyl (C=O) groups is 2. The van der Waals surface area contributed by atoms with Gasteiger partial charge in [-0.2, -0.15) is 0 Å². The van der Waals surface area contributed by atoms with Crippen LogP contribution in [0.3, 0.4) is 0 Å². The molecule has 1 aliphatic rings. The molecule has 0 radical (unpaired) electrons. The van der Waals surface area contributed by atoms with E-state index >= 15 is 0 Å². The lowest BCUT2D eigenvalue weighted by atomic mass is 10.2. The van der Waals surface area contributed by atoms with Crippen LogP contribution in [0.4, 0.5) is 0 Å². The molecule has 1 aliphatic heterocycles. The third-order valence-corrected chi connectivity index (χ3v) is 2.77. The minimum Gasteiger partial charge on any atom is -0.480 e. The number of hydrogen-bond acceptors (Lipinski definition) is 6. The molecule has 0 saturated carbocycles. The van der Waals surface area contributed by atoms with Crippen molar-refractivity contribution >= 4 is 11.9 Å². The molecule has 2 rings (SSSR count). The number of imidazole rings is 1. The maximum atomic E-state index is 10.3. The Morgan fingerprint density at radius 2 is 2.20 bits per heavy atom. The minimum atomic E-state index is -1.00. The second-order valence-corrected chi connectivity index (χ2v) is 4.35. The van der Waals surface area contributed by atoms with Crippen LogP contribution in [0.5, 0.6) is 0 Å². The lowest BCUT2D eigenvalue weighted by Crippen LogP contribution is -2.38. The maximum Gasteiger partial charge on any atom is 0.323 e. The van der Waals surface area contributed by atoms with Gasteiger partial charge in [0.2, 0.25) is 0 Å². The molecule has 1 saturated heterocycles. The van der Waals surface area contributed by atoms with Gasteiger partial charge in [0, 0.05) is 18.3 Å². The SMILES string of the molecule is N[C@@H](Cc1cnc[nH]1)C(=O)O.O=C(O)[C@H]1NCCC1O. The number of aliphatic hydroxyl groups is 1. The number of nitrogens with zero attached hydrogens (tertiary/aromatic N) is 1. The first-order valence-electron chi connectivity index (χ1n) is 6.01. The van der Waals surface area contributed by atoms with Crippen LogP contribution in [0, 0.1) is 0 Å². The second kappa shape index (κ2) is 7.58. The predicted molar refractivity (Wildman–Crippen MR) is 68.0 cm³/mol. The van der Waals surface area contributed by atoms with Crippen molar-refractivity contribution in [2.24, 2.45) is 5.73 Å². The summed E-state index contributed by atoms with van der Waals surface area (Å²) in [5.41, 5.74) is 6.00. The van der Waals surface area contributed by atoms with E-state index in [0.717, 1.165) is 5.69 Å². The summed E-state index contributed by atoms with van der Waals surface area (Å²) in [6.45, 7) is 0.595. The molecule has 1 unspecified atom stereocenters. The number of nitrogens with one attached hydrogen (secondary N) is 2. The molecule has 9 heteroatoms. The van der Waals surface area contributed by atoms with Gasteiger partial charge in [-0.05, 0) is 13.0 Å². The van der Waals surface area contributed by atoms with Gasteiger partial charge >= 0.3 is 11.9 Å². The number of nitrogens with two attached hydrogens (primary N) is 1. The van der Waals surface area contributed by atoms with Gasteiger partial charge < -0.3 is 31.4 Å². The van der Waals surface area contributed by atoms with Gasteiger partial charge in [0.05, 0.1) is 12.4 Å². The van der Waals surface area contributed by atoms with Crippen LogP contribution in [0.2, 0.25) is 0 Å². The van der Waals surface area contributed by atoms with Gasteiger partial charge in [0.25, 0.3) is 0 Å². The van der Waals surface area contributed by atoms with E-state index < -0.39 is 30.1 Å². The van der Waals surface area contributed by atoms with E-state index in [1.165, 1.54) is 6.33 Å². The van der Waals surface area contributed by atoms with E-state index in [1.807, 2.05) is 0 Å². The molecule has 112 valence electrons. The molecule has 1 fully saturated rings. The number of rotatable bonds is 4. The van der Waals surface area contributed by atoms with Gasteiger partial charge in [0.15, 0.2) is 0 Å². The fraction of sp³-hybridized carbons (Fsp3) is 0.545. The Balaban J connectivity index is 0.000000204. The molecule has 0 aromatic carbocycles. The first kappa shape index (κ1) is 16.1. The first-order chi connectivity index (χ1) is 9.41. The van der Waals surface area contributed by atoms with E-state index in [4.69, 9.17) is 21.1 Å². The van der Waals surface area contributed by atoms with Gasteiger partial charge in [-0.15, -0.1) is 0 Å². The van der Waals surface area contributed by atoms with Crippen molar-refractivity contribution in [2.75, 3.05) is 6.54 Å². The van der Waals surface area contributed by atoms with Crippen LogP contribution in [0.25, 0.3) is 0 Å². The number of aromatic nitrogens is 2. The Morgan fingerprint density at radius 1 is 1.50 bits per heavy atom. The molecular formula is C11H18N4O5.